The van der Waals surface area contributed by atoms with E-state index in [2.05, 4.69) is 59.9 Å². The zero-order valence-electron chi connectivity index (χ0n) is 28.2. The van der Waals surface area contributed by atoms with Crippen LogP contribution in [0.2, 0.25) is 0 Å². The number of allylic oxidation sites excluding steroid dienone is 2. The Kier molecular flexibility index (Phi) is 7.38. The number of hydrogen-bond donors (Lipinski definition) is 2. The fraction of sp³-hybridized carbons (Fsp3) is 0.718. The third kappa shape index (κ3) is 4.48. The van der Waals surface area contributed by atoms with Gasteiger partial charge in [0.1, 0.15) is 11.8 Å². The molecule has 1 aromatic carbocycles. The van der Waals surface area contributed by atoms with Gasteiger partial charge in [-0.2, -0.15) is 0 Å². The molecule has 6 rings (SSSR count). The second-order valence-corrected chi connectivity index (χ2v) is 17.6. The van der Waals surface area contributed by atoms with Crippen LogP contribution in [-0.4, -0.2) is 28.8 Å². The first-order valence-electron chi connectivity index (χ1n) is 17.3. The van der Waals surface area contributed by atoms with Crippen molar-refractivity contribution in [1.82, 2.24) is 5.32 Å². The lowest BCUT2D eigenvalue weighted by Gasteiger charge is -2.70. The molecule has 0 unspecified atom stereocenters. The number of ketones is 1. The molecule has 0 spiro atoms. The third-order valence-electron chi connectivity index (χ3n) is 14.7. The zero-order chi connectivity index (χ0) is 31.9. The summed E-state index contributed by atoms with van der Waals surface area (Å²) in [6.45, 7) is 16.6. The second-order valence-electron chi connectivity index (χ2n) is 17.6. The summed E-state index contributed by atoms with van der Waals surface area (Å²) in [4.78, 5) is 40.0. The van der Waals surface area contributed by atoms with Crippen molar-refractivity contribution in [2.75, 3.05) is 0 Å². The van der Waals surface area contributed by atoms with Crippen LogP contribution in [0.4, 0.5) is 0 Å². The number of hydrogen-bond acceptors (Lipinski definition) is 3. The number of carbonyl (C=O) groups is 3. The normalized spacial score (nSPS) is 41.1. The fourth-order valence-corrected chi connectivity index (χ4v) is 11.8. The molecule has 1 amide bonds. The molecule has 0 aromatic heterocycles. The number of carbonyl (C=O) groups excluding carboxylic acids is 2. The maximum Gasteiger partial charge on any atom is 0.326 e. The fourth-order valence-electron chi connectivity index (χ4n) is 11.8. The van der Waals surface area contributed by atoms with Gasteiger partial charge in [0.05, 0.1) is 5.41 Å². The lowest BCUT2D eigenvalue weighted by molar-refractivity contribution is -0.186. The average Bonchev–Trinajstić information content (AvgIpc) is 2.95. The van der Waals surface area contributed by atoms with Gasteiger partial charge >= 0.3 is 5.97 Å². The number of fused-ring (bicyclic) bond motifs is 7. The first-order chi connectivity index (χ1) is 20.5. The summed E-state index contributed by atoms with van der Waals surface area (Å²) >= 11 is 0. The second kappa shape index (κ2) is 10.3. The Labute approximate surface area is 265 Å². The highest BCUT2D eigenvalue weighted by molar-refractivity contribution is 5.89. The van der Waals surface area contributed by atoms with Crippen LogP contribution < -0.4 is 5.32 Å². The number of amides is 1. The van der Waals surface area contributed by atoms with E-state index in [1.165, 1.54) is 5.57 Å². The molecule has 1 aromatic rings. The highest BCUT2D eigenvalue weighted by atomic mass is 16.4. The van der Waals surface area contributed by atoms with Gasteiger partial charge in [-0.3, -0.25) is 9.59 Å². The van der Waals surface area contributed by atoms with Crippen LogP contribution in [0.1, 0.15) is 118 Å². The molecule has 0 aliphatic heterocycles. The average molecular weight is 602 g/mol. The molecule has 5 aliphatic rings. The first-order valence-corrected chi connectivity index (χ1v) is 17.3. The van der Waals surface area contributed by atoms with Gasteiger partial charge < -0.3 is 10.4 Å². The minimum atomic E-state index is -0.974. The number of carboxylic acids is 1. The summed E-state index contributed by atoms with van der Waals surface area (Å²) in [5.74, 6) is 0.441. The van der Waals surface area contributed by atoms with E-state index < -0.39 is 17.4 Å². The number of Topliss-reactive ketones (excluding diaryl/α,β-unsaturated/α-hetero) is 1. The van der Waals surface area contributed by atoms with Crippen molar-refractivity contribution < 1.29 is 19.5 Å². The van der Waals surface area contributed by atoms with Crippen molar-refractivity contribution >= 4 is 17.7 Å². The molecular formula is C39H55NO4. The van der Waals surface area contributed by atoms with E-state index in [0.29, 0.717) is 24.0 Å². The summed E-state index contributed by atoms with van der Waals surface area (Å²) < 4.78 is 0. The van der Waals surface area contributed by atoms with Gasteiger partial charge in [-0.15, -0.1) is 0 Å². The molecule has 4 fully saturated rings. The Morgan fingerprint density at radius 2 is 1.59 bits per heavy atom. The Morgan fingerprint density at radius 3 is 2.27 bits per heavy atom. The van der Waals surface area contributed by atoms with Crippen molar-refractivity contribution in [3.05, 3.63) is 47.5 Å². The maximum atomic E-state index is 14.5. The molecule has 5 aliphatic carbocycles. The van der Waals surface area contributed by atoms with Crippen LogP contribution in [0, 0.1) is 50.2 Å². The highest BCUT2D eigenvalue weighted by Crippen LogP contribution is 2.75. The molecule has 0 heterocycles. The monoisotopic (exact) mass is 601 g/mol. The number of benzene rings is 1. The Bertz CT molecular complexity index is 1380. The van der Waals surface area contributed by atoms with Gasteiger partial charge in [0.15, 0.2) is 0 Å². The van der Waals surface area contributed by atoms with Crippen LogP contribution in [0.3, 0.4) is 0 Å². The van der Waals surface area contributed by atoms with Crippen molar-refractivity contribution in [2.24, 2.45) is 50.2 Å². The molecular weight excluding hydrogens is 546 g/mol. The Hall–Kier alpha value is -2.43. The van der Waals surface area contributed by atoms with Crippen LogP contribution >= 0.6 is 0 Å². The van der Waals surface area contributed by atoms with Crippen LogP contribution in [0.15, 0.2) is 42.0 Å². The standard InChI is InChI=1S/C39H55NO4/c1-34(2)19-21-39(33(44)40-28(32(42)43)23-25-11-9-8-10-12-25)22-20-37(6)26(27(39)24-34)13-14-30-36(5)17-16-31(41)35(3,4)29(36)15-18-38(30,37)7/h8-13,27-30H,14-24H2,1-7H3,(H,40,44)(H,42,43)/t27-,28-,29-,30+,36-,37+,38+,39-/m0/s1. The minimum Gasteiger partial charge on any atom is -0.480 e. The predicted molar refractivity (Wildman–Crippen MR) is 174 cm³/mol. The van der Waals surface area contributed by atoms with E-state index in [-0.39, 0.29) is 45.3 Å². The summed E-state index contributed by atoms with van der Waals surface area (Å²) in [6.07, 6.45) is 12.2. The molecule has 44 heavy (non-hydrogen) atoms. The number of rotatable bonds is 5. The van der Waals surface area contributed by atoms with Crippen LogP contribution in [-0.2, 0) is 20.8 Å². The minimum absolute atomic E-state index is 0.0202. The van der Waals surface area contributed by atoms with Crippen molar-refractivity contribution in [1.29, 1.82) is 0 Å². The van der Waals surface area contributed by atoms with E-state index in [1.54, 1.807) is 0 Å². The Morgan fingerprint density at radius 1 is 0.909 bits per heavy atom. The molecule has 240 valence electrons. The van der Waals surface area contributed by atoms with Gasteiger partial charge in [0.25, 0.3) is 0 Å². The van der Waals surface area contributed by atoms with E-state index in [4.69, 9.17) is 0 Å². The van der Waals surface area contributed by atoms with Crippen molar-refractivity contribution in [3.63, 3.8) is 0 Å². The largest absolute Gasteiger partial charge is 0.480 e. The summed E-state index contributed by atoms with van der Waals surface area (Å²) in [6, 6.07) is 8.67. The van der Waals surface area contributed by atoms with Crippen LogP contribution in [0.5, 0.6) is 0 Å². The molecule has 8 atom stereocenters. The van der Waals surface area contributed by atoms with Crippen molar-refractivity contribution in [3.8, 4) is 0 Å². The maximum absolute atomic E-state index is 14.5. The summed E-state index contributed by atoms with van der Waals surface area (Å²) in [7, 11) is 0. The smallest absolute Gasteiger partial charge is 0.326 e. The van der Waals surface area contributed by atoms with Gasteiger partial charge in [-0.1, -0.05) is 90.4 Å². The first kappa shape index (κ1) is 31.5. The lowest BCUT2D eigenvalue weighted by atomic mass is 9.33. The van der Waals surface area contributed by atoms with E-state index in [1.807, 2.05) is 30.3 Å². The van der Waals surface area contributed by atoms with E-state index in [9.17, 15) is 19.5 Å². The number of aliphatic carboxylic acids is 1. The SMILES string of the molecule is CC1(C)CC[C@]2(C(=O)N[C@@H](Cc3ccccc3)C(=O)O)CC[C@]3(C)C(=CC[C@@H]4[C@@]5(C)CCC(=O)C(C)(C)[C@@H]5CC[C@]43C)[C@@H]2C1. The lowest BCUT2D eigenvalue weighted by Crippen LogP contribution is -2.65. The quantitative estimate of drug-likeness (QED) is 0.334. The van der Waals surface area contributed by atoms with E-state index in [0.717, 1.165) is 63.4 Å². The number of nitrogens with one attached hydrogen (secondary N) is 1. The molecule has 5 heteroatoms. The molecule has 2 N–H and O–H groups in total. The molecule has 5 nitrogen and oxygen atoms in total. The van der Waals surface area contributed by atoms with Gasteiger partial charge in [-0.25, -0.2) is 4.79 Å². The molecule has 0 saturated heterocycles. The van der Waals surface area contributed by atoms with Crippen LogP contribution in [0.25, 0.3) is 0 Å². The topological polar surface area (TPSA) is 83.5 Å². The summed E-state index contributed by atoms with van der Waals surface area (Å²) in [5, 5.41) is 13.3. The Balaban J connectivity index is 1.36. The third-order valence-corrected chi connectivity index (χ3v) is 14.7. The molecule has 0 radical (unpaired) electrons. The van der Waals surface area contributed by atoms with Gasteiger partial charge in [-0.05, 0) is 103 Å². The van der Waals surface area contributed by atoms with Gasteiger partial charge in [0, 0.05) is 18.3 Å². The van der Waals surface area contributed by atoms with Crippen molar-refractivity contribution in [2.45, 2.75) is 125 Å². The zero-order valence-corrected chi connectivity index (χ0v) is 28.2. The summed E-state index contributed by atoms with van der Waals surface area (Å²) in [5.41, 5.74) is 1.88. The van der Waals surface area contributed by atoms with Gasteiger partial charge in [0.2, 0.25) is 5.91 Å². The number of carboxylic acid groups (broad SMARTS) is 1. The molecule has 4 saturated carbocycles. The molecule has 0 bridgehead atoms. The highest BCUT2D eigenvalue weighted by Gasteiger charge is 2.69. The van der Waals surface area contributed by atoms with E-state index >= 15 is 0 Å². The predicted octanol–water partition coefficient (Wildman–Crippen LogP) is 8.17.